The fraction of sp³-hybridized carbons (Fsp3) is 0.312. The molecule has 0 atom stereocenters. The van der Waals surface area contributed by atoms with Gasteiger partial charge in [0.15, 0.2) is 0 Å². The molecule has 1 aromatic heterocycles. The van der Waals surface area contributed by atoms with Crippen molar-refractivity contribution in [2.75, 3.05) is 18.9 Å². The molecule has 110 valence electrons. The standard InChI is InChI=1S/C16H20N4O/c1-4-18-15-10-17-9-14(19-15)16(21)20(3)11-13-7-5-6-12(2)8-13/h5-10H,4,11H2,1-3H3,(H,18,19). The van der Waals surface area contributed by atoms with Gasteiger partial charge in [-0.1, -0.05) is 29.8 Å². The summed E-state index contributed by atoms with van der Waals surface area (Å²) in [6.45, 7) is 5.30. The van der Waals surface area contributed by atoms with Gasteiger partial charge in [0, 0.05) is 20.1 Å². The van der Waals surface area contributed by atoms with Crippen molar-refractivity contribution in [3.63, 3.8) is 0 Å². The number of carbonyl (C=O) groups excluding carboxylic acids is 1. The molecule has 0 spiro atoms. The largest absolute Gasteiger partial charge is 0.369 e. The van der Waals surface area contributed by atoms with Gasteiger partial charge in [-0.15, -0.1) is 0 Å². The fourth-order valence-electron chi connectivity index (χ4n) is 2.09. The molecule has 0 aliphatic rings. The zero-order chi connectivity index (χ0) is 15.2. The lowest BCUT2D eigenvalue weighted by atomic mass is 10.1. The van der Waals surface area contributed by atoms with E-state index in [9.17, 15) is 4.79 Å². The van der Waals surface area contributed by atoms with Crippen LogP contribution >= 0.6 is 0 Å². The first kappa shape index (κ1) is 15.0. The fourth-order valence-corrected chi connectivity index (χ4v) is 2.09. The zero-order valence-corrected chi connectivity index (χ0v) is 12.6. The first-order valence-corrected chi connectivity index (χ1v) is 6.97. The van der Waals surface area contributed by atoms with Crippen LogP contribution in [0.3, 0.4) is 0 Å². The summed E-state index contributed by atoms with van der Waals surface area (Å²) in [7, 11) is 1.77. The first-order chi connectivity index (χ1) is 10.1. The number of anilines is 1. The van der Waals surface area contributed by atoms with Crippen LogP contribution in [0, 0.1) is 6.92 Å². The summed E-state index contributed by atoms with van der Waals surface area (Å²) in [6.07, 6.45) is 3.11. The van der Waals surface area contributed by atoms with Crippen molar-refractivity contribution in [3.8, 4) is 0 Å². The third kappa shape index (κ3) is 4.02. The summed E-state index contributed by atoms with van der Waals surface area (Å²) in [5.74, 6) is 0.482. The predicted octanol–water partition coefficient (Wildman–Crippen LogP) is 2.49. The number of nitrogens with zero attached hydrogens (tertiary/aromatic N) is 3. The lowest BCUT2D eigenvalue weighted by molar-refractivity contribution is 0.0779. The number of carbonyl (C=O) groups is 1. The molecule has 0 aliphatic heterocycles. The van der Waals surface area contributed by atoms with Crippen molar-refractivity contribution >= 4 is 11.7 Å². The molecule has 2 rings (SSSR count). The maximum Gasteiger partial charge on any atom is 0.274 e. The molecule has 1 aromatic carbocycles. The van der Waals surface area contributed by atoms with E-state index in [0.717, 1.165) is 12.1 Å². The van der Waals surface area contributed by atoms with Crippen molar-refractivity contribution in [1.82, 2.24) is 14.9 Å². The quantitative estimate of drug-likeness (QED) is 0.916. The molecule has 5 nitrogen and oxygen atoms in total. The molecule has 0 saturated heterocycles. The van der Waals surface area contributed by atoms with Gasteiger partial charge in [0.05, 0.1) is 12.4 Å². The molecule has 1 N–H and O–H groups in total. The highest BCUT2D eigenvalue weighted by Crippen LogP contribution is 2.10. The van der Waals surface area contributed by atoms with Gasteiger partial charge in [-0.2, -0.15) is 0 Å². The van der Waals surface area contributed by atoms with Crippen LogP contribution in [0.2, 0.25) is 0 Å². The van der Waals surface area contributed by atoms with E-state index in [1.165, 1.54) is 11.8 Å². The molecule has 5 heteroatoms. The van der Waals surface area contributed by atoms with Crippen LogP contribution in [0.1, 0.15) is 28.5 Å². The average molecular weight is 284 g/mol. The van der Waals surface area contributed by atoms with E-state index in [1.807, 2.05) is 32.0 Å². The van der Waals surface area contributed by atoms with Crippen molar-refractivity contribution in [2.24, 2.45) is 0 Å². The minimum atomic E-state index is -0.135. The highest BCUT2D eigenvalue weighted by molar-refractivity contribution is 5.92. The van der Waals surface area contributed by atoms with Gasteiger partial charge in [-0.3, -0.25) is 9.78 Å². The Bertz CT molecular complexity index is 627. The van der Waals surface area contributed by atoms with Gasteiger partial charge >= 0.3 is 0 Å². The van der Waals surface area contributed by atoms with Crippen LogP contribution in [0.25, 0.3) is 0 Å². The number of aryl methyl sites for hydroxylation is 1. The number of aromatic nitrogens is 2. The lowest BCUT2D eigenvalue weighted by Crippen LogP contribution is -2.27. The van der Waals surface area contributed by atoms with Gasteiger partial charge in [-0.05, 0) is 19.4 Å². The smallest absolute Gasteiger partial charge is 0.274 e. The molecule has 0 fully saturated rings. The minimum Gasteiger partial charge on any atom is -0.369 e. The van der Waals surface area contributed by atoms with Crippen molar-refractivity contribution < 1.29 is 4.79 Å². The first-order valence-electron chi connectivity index (χ1n) is 6.97. The van der Waals surface area contributed by atoms with Gasteiger partial charge in [0.1, 0.15) is 11.5 Å². The molecule has 1 amide bonds. The SMILES string of the molecule is CCNc1cncc(C(=O)N(C)Cc2cccc(C)c2)n1. The molecule has 0 radical (unpaired) electrons. The van der Waals surface area contributed by atoms with Crippen LogP contribution in [-0.2, 0) is 6.54 Å². The normalized spacial score (nSPS) is 10.2. The van der Waals surface area contributed by atoms with E-state index < -0.39 is 0 Å². The second-order valence-corrected chi connectivity index (χ2v) is 4.97. The third-order valence-electron chi connectivity index (χ3n) is 3.06. The monoisotopic (exact) mass is 284 g/mol. The summed E-state index contributed by atoms with van der Waals surface area (Å²) < 4.78 is 0. The summed E-state index contributed by atoms with van der Waals surface area (Å²) in [5.41, 5.74) is 2.63. The van der Waals surface area contributed by atoms with Crippen LogP contribution in [0.4, 0.5) is 5.82 Å². The van der Waals surface area contributed by atoms with E-state index in [-0.39, 0.29) is 5.91 Å². The Morgan fingerprint density at radius 3 is 2.86 bits per heavy atom. The Morgan fingerprint density at radius 2 is 2.14 bits per heavy atom. The molecule has 0 unspecified atom stereocenters. The van der Waals surface area contributed by atoms with Gasteiger partial charge in [-0.25, -0.2) is 4.98 Å². The van der Waals surface area contributed by atoms with Gasteiger partial charge in [0.25, 0.3) is 5.91 Å². The lowest BCUT2D eigenvalue weighted by Gasteiger charge is -2.17. The Labute approximate surface area is 125 Å². The highest BCUT2D eigenvalue weighted by atomic mass is 16.2. The number of amides is 1. The topological polar surface area (TPSA) is 58.1 Å². The van der Waals surface area contributed by atoms with Crippen LogP contribution in [0.15, 0.2) is 36.7 Å². The predicted molar refractivity (Wildman–Crippen MR) is 83.2 cm³/mol. The molecule has 0 saturated carbocycles. The van der Waals surface area contributed by atoms with E-state index >= 15 is 0 Å². The molecule has 0 bridgehead atoms. The van der Waals surface area contributed by atoms with Gasteiger partial charge < -0.3 is 10.2 Å². The van der Waals surface area contributed by atoms with Crippen LogP contribution < -0.4 is 5.32 Å². The second-order valence-electron chi connectivity index (χ2n) is 4.97. The summed E-state index contributed by atoms with van der Waals surface area (Å²) in [6, 6.07) is 8.12. The van der Waals surface area contributed by atoms with Crippen LogP contribution in [-0.4, -0.2) is 34.4 Å². The van der Waals surface area contributed by atoms with E-state index in [4.69, 9.17) is 0 Å². The van der Waals surface area contributed by atoms with E-state index in [2.05, 4.69) is 21.4 Å². The van der Waals surface area contributed by atoms with Gasteiger partial charge in [0.2, 0.25) is 0 Å². The maximum absolute atomic E-state index is 12.4. The van der Waals surface area contributed by atoms with Crippen molar-refractivity contribution in [1.29, 1.82) is 0 Å². The van der Waals surface area contributed by atoms with Crippen molar-refractivity contribution in [2.45, 2.75) is 20.4 Å². The summed E-state index contributed by atoms with van der Waals surface area (Å²) >= 11 is 0. The average Bonchev–Trinajstić information content (AvgIpc) is 2.47. The highest BCUT2D eigenvalue weighted by Gasteiger charge is 2.14. The van der Waals surface area contributed by atoms with E-state index in [0.29, 0.717) is 18.1 Å². The molecular weight excluding hydrogens is 264 g/mol. The number of benzene rings is 1. The number of hydrogen-bond donors (Lipinski definition) is 1. The second kappa shape index (κ2) is 6.83. The number of hydrogen-bond acceptors (Lipinski definition) is 4. The molecule has 21 heavy (non-hydrogen) atoms. The zero-order valence-electron chi connectivity index (χ0n) is 12.6. The Morgan fingerprint density at radius 1 is 1.33 bits per heavy atom. The molecule has 1 heterocycles. The third-order valence-corrected chi connectivity index (χ3v) is 3.06. The Hall–Kier alpha value is -2.43. The van der Waals surface area contributed by atoms with Crippen molar-refractivity contribution in [3.05, 3.63) is 53.5 Å². The number of nitrogens with one attached hydrogen (secondary N) is 1. The summed E-state index contributed by atoms with van der Waals surface area (Å²) in [4.78, 5) is 22.4. The number of rotatable bonds is 5. The minimum absolute atomic E-state index is 0.135. The Kier molecular flexibility index (Phi) is 4.87. The molecule has 0 aliphatic carbocycles. The summed E-state index contributed by atoms with van der Waals surface area (Å²) in [5, 5.41) is 3.05. The maximum atomic E-state index is 12.4. The van der Waals surface area contributed by atoms with E-state index in [1.54, 1.807) is 18.1 Å². The molecular formula is C16H20N4O. The Balaban J connectivity index is 2.10. The van der Waals surface area contributed by atoms with Crippen LogP contribution in [0.5, 0.6) is 0 Å². The molecule has 2 aromatic rings.